The second-order valence-corrected chi connectivity index (χ2v) is 7.49. The first kappa shape index (κ1) is 20.1. The number of nitrogens with two attached hydrogens (primary N) is 1. The molecule has 2 aromatic carbocycles. The summed E-state index contributed by atoms with van der Waals surface area (Å²) in [6.07, 6.45) is -4.71. The lowest BCUT2D eigenvalue weighted by Crippen LogP contribution is -2.35. The molecule has 2 rings (SSSR count). The van der Waals surface area contributed by atoms with Crippen molar-refractivity contribution >= 4 is 21.4 Å². The Kier molecular flexibility index (Phi) is 5.82. The van der Waals surface area contributed by atoms with E-state index in [2.05, 4.69) is 5.32 Å². The highest BCUT2D eigenvalue weighted by molar-refractivity contribution is 7.89. The molecule has 5 nitrogen and oxygen atoms in total. The molecule has 0 heterocycles. The number of likely N-dealkylation sites (N-methyl/N-ethyl adjacent to an activating group) is 1. The molecule has 26 heavy (non-hydrogen) atoms. The van der Waals surface area contributed by atoms with Gasteiger partial charge in [0.15, 0.2) is 0 Å². The lowest BCUT2D eigenvalue weighted by Gasteiger charge is -2.28. The van der Waals surface area contributed by atoms with Gasteiger partial charge in [-0.25, -0.2) is 13.6 Å². The van der Waals surface area contributed by atoms with E-state index in [0.29, 0.717) is 6.07 Å². The van der Waals surface area contributed by atoms with Crippen LogP contribution in [0, 0.1) is 0 Å². The Hall–Kier alpha value is -2.26. The van der Waals surface area contributed by atoms with E-state index in [-0.39, 0.29) is 18.3 Å². The Balaban J connectivity index is 2.21. The smallest absolute Gasteiger partial charge is 0.382 e. The Labute approximate surface area is 150 Å². The van der Waals surface area contributed by atoms with Crippen molar-refractivity contribution in [3.05, 3.63) is 54.1 Å². The molecule has 0 amide bonds. The van der Waals surface area contributed by atoms with Crippen LogP contribution >= 0.6 is 0 Å². The third kappa shape index (κ3) is 4.89. The number of benzene rings is 2. The summed E-state index contributed by atoms with van der Waals surface area (Å²) in [5, 5.41) is 7.67. The summed E-state index contributed by atoms with van der Waals surface area (Å²) >= 11 is 0. The van der Waals surface area contributed by atoms with Crippen LogP contribution in [-0.4, -0.2) is 28.1 Å². The fourth-order valence-corrected chi connectivity index (χ4v) is 2.94. The van der Waals surface area contributed by atoms with Crippen LogP contribution in [0.15, 0.2) is 53.4 Å². The predicted molar refractivity (Wildman–Crippen MR) is 95.6 cm³/mol. The molecule has 0 aliphatic heterocycles. The summed E-state index contributed by atoms with van der Waals surface area (Å²) in [6, 6.07) is 12.0. The van der Waals surface area contributed by atoms with E-state index in [1.165, 1.54) is 0 Å². The lowest BCUT2D eigenvalue weighted by molar-refractivity contribution is -0.137. The Morgan fingerprint density at radius 1 is 1.15 bits per heavy atom. The van der Waals surface area contributed by atoms with E-state index in [1.54, 1.807) is 0 Å². The van der Waals surface area contributed by atoms with Gasteiger partial charge in [0.25, 0.3) is 0 Å². The number of hydrogen-bond donors (Lipinski definition) is 2. The van der Waals surface area contributed by atoms with E-state index >= 15 is 0 Å². The first-order valence-electron chi connectivity index (χ1n) is 7.76. The first-order valence-corrected chi connectivity index (χ1v) is 9.30. The minimum absolute atomic E-state index is 0.114. The summed E-state index contributed by atoms with van der Waals surface area (Å²) in [5.74, 6) is 0. The van der Waals surface area contributed by atoms with Crippen molar-refractivity contribution in [2.24, 2.45) is 5.14 Å². The van der Waals surface area contributed by atoms with Crippen molar-refractivity contribution in [1.82, 2.24) is 0 Å². The minimum Gasteiger partial charge on any atom is -0.382 e. The Morgan fingerprint density at radius 2 is 1.77 bits per heavy atom. The van der Waals surface area contributed by atoms with Crippen LogP contribution < -0.4 is 15.4 Å². The summed E-state index contributed by atoms with van der Waals surface area (Å²) in [5.41, 5.74) is -0.334. The fourth-order valence-electron chi connectivity index (χ4n) is 2.40. The van der Waals surface area contributed by atoms with E-state index in [0.717, 1.165) is 17.8 Å². The average molecular weight is 387 g/mol. The number of alkyl halides is 3. The van der Waals surface area contributed by atoms with Gasteiger partial charge in [-0.1, -0.05) is 18.2 Å². The predicted octanol–water partition coefficient (Wildman–Crippen LogP) is 3.29. The lowest BCUT2D eigenvalue weighted by atomic mass is 10.1. The van der Waals surface area contributed by atoms with E-state index < -0.39 is 26.7 Å². The van der Waals surface area contributed by atoms with Gasteiger partial charge in [0.2, 0.25) is 10.0 Å². The maximum atomic E-state index is 13.3. The van der Waals surface area contributed by atoms with Gasteiger partial charge in [0, 0.05) is 31.0 Å². The molecular formula is C17H20F3N3O2S. The van der Waals surface area contributed by atoms with Crippen molar-refractivity contribution in [3.63, 3.8) is 0 Å². The van der Waals surface area contributed by atoms with Crippen LogP contribution in [-0.2, 0) is 16.2 Å². The zero-order valence-electron chi connectivity index (χ0n) is 14.3. The Bertz CT molecular complexity index is 855. The number of halogens is 3. The van der Waals surface area contributed by atoms with Crippen LogP contribution in [0.2, 0.25) is 0 Å². The van der Waals surface area contributed by atoms with Gasteiger partial charge in [-0.2, -0.15) is 13.2 Å². The molecule has 0 saturated carbocycles. The van der Waals surface area contributed by atoms with E-state index in [9.17, 15) is 21.6 Å². The minimum atomic E-state index is -4.71. The molecule has 0 radical (unpaired) electrons. The molecule has 3 N–H and O–H groups in total. The molecule has 0 aromatic heterocycles. The summed E-state index contributed by atoms with van der Waals surface area (Å²) in [6.45, 7) is 2.09. The van der Waals surface area contributed by atoms with E-state index in [4.69, 9.17) is 5.14 Å². The molecule has 0 aliphatic carbocycles. The van der Waals surface area contributed by atoms with Crippen molar-refractivity contribution < 1.29 is 21.6 Å². The number of hydrogen-bond acceptors (Lipinski definition) is 4. The van der Waals surface area contributed by atoms with E-state index in [1.807, 2.05) is 49.2 Å². The molecule has 0 fully saturated rings. The van der Waals surface area contributed by atoms with Crippen molar-refractivity contribution in [1.29, 1.82) is 0 Å². The maximum absolute atomic E-state index is 13.3. The number of primary sulfonamides is 1. The highest BCUT2D eigenvalue weighted by atomic mass is 32.2. The normalized spacial score (nSPS) is 13.3. The topological polar surface area (TPSA) is 75.4 Å². The molecule has 142 valence electrons. The second-order valence-electron chi connectivity index (χ2n) is 5.93. The summed E-state index contributed by atoms with van der Waals surface area (Å²) in [4.78, 5) is 1.35. The van der Waals surface area contributed by atoms with Gasteiger partial charge in [0.05, 0.1) is 10.5 Å². The third-order valence-electron chi connectivity index (χ3n) is 4.04. The summed E-state index contributed by atoms with van der Waals surface area (Å²) in [7, 11) is -2.38. The molecule has 1 unspecified atom stereocenters. The van der Waals surface area contributed by atoms with Gasteiger partial charge < -0.3 is 10.2 Å². The van der Waals surface area contributed by atoms with Crippen LogP contribution in [0.4, 0.5) is 24.5 Å². The molecule has 0 spiro atoms. The monoisotopic (exact) mass is 387 g/mol. The molecule has 2 aromatic rings. The van der Waals surface area contributed by atoms with Gasteiger partial charge in [-0.05, 0) is 37.3 Å². The number of rotatable bonds is 6. The fraction of sp³-hybridized carbons (Fsp3) is 0.294. The second kappa shape index (κ2) is 7.55. The van der Waals surface area contributed by atoms with Crippen LogP contribution in [0.1, 0.15) is 12.5 Å². The number of nitrogens with zero attached hydrogens (tertiary/aromatic N) is 1. The highest BCUT2D eigenvalue weighted by Gasteiger charge is 2.34. The van der Waals surface area contributed by atoms with Crippen LogP contribution in [0.5, 0.6) is 0 Å². The Morgan fingerprint density at radius 3 is 2.31 bits per heavy atom. The van der Waals surface area contributed by atoms with Gasteiger partial charge in [-0.15, -0.1) is 0 Å². The molecule has 9 heteroatoms. The maximum Gasteiger partial charge on any atom is 0.418 e. The zero-order valence-corrected chi connectivity index (χ0v) is 15.1. The molecule has 0 aliphatic rings. The number of para-hydroxylation sites is 1. The molecule has 1 atom stereocenters. The largest absolute Gasteiger partial charge is 0.418 e. The van der Waals surface area contributed by atoms with Gasteiger partial charge >= 0.3 is 6.18 Å². The third-order valence-corrected chi connectivity index (χ3v) is 4.95. The zero-order chi connectivity index (χ0) is 19.5. The van der Waals surface area contributed by atoms with Crippen molar-refractivity contribution in [3.8, 4) is 0 Å². The van der Waals surface area contributed by atoms with Crippen LogP contribution in [0.25, 0.3) is 0 Å². The molecule has 0 bridgehead atoms. The quantitative estimate of drug-likeness (QED) is 0.798. The van der Waals surface area contributed by atoms with Gasteiger partial charge in [-0.3, -0.25) is 0 Å². The van der Waals surface area contributed by atoms with Crippen LogP contribution in [0.3, 0.4) is 0 Å². The number of nitrogens with one attached hydrogen (secondary N) is 1. The number of anilines is 2. The van der Waals surface area contributed by atoms with Crippen molar-refractivity contribution in [2.75, 3.05) is 23.8 Å². The summed E-state index contributed by atoms with van der Waals surface area (Å²) < 4.78 is 62.5. The first-order chi connectivity index (χ1) is 12.0. The molecule has 0 saturated heterocycles. The average Bonchev–Trinajstić information content (AvgIpc) is 2.58. The number of sulfonamides is 1. The van der Waals surface area contributed by atoms with Gasteiger partial charge in [0.1, 0.15) is 0 Å². The SMILES string of the molecule is CC(CNc1ccc(S(N)(=O)=O)cc1C(F)(F)F)N(C)c1ccccc1. The highest BCUT2D eigenvalue weighted by Crippen LogP contribution is 2.36. The standard InChI is InChI=1S/C17H20F3N3O2S/c1-12(23(2)13-6-4-3-5-7-13)11-22-16-9-8-14(26(21,24)25)10-15(16)17(18,19)20/h3-10,12,22H,11H2,1-2H3,(H2,21,24,25). The van der Waals surface area contributed by atoms with Crippen molar-refractivity contribution in [2.45, 2.75) is 24.0 Å². The molecular weight excluding hydrogens is 367 g/mol.